The van der Waals surface area contributed by atoms with Crippen molar-refractivity contribution in [1.82, 2.24) is 9.97 Å². The molecule has 0 amide bonds. The van der Waals surface area contributed by atoms with Gasteiger partial charge in [-0.1, -0.05) is 38.1 Å². The molecule has 0 unspecified atom stereocenters. The Hall–Kier alpha value is -1.97. The standard InChI is InChI=1S/C16H20FN3/c1-4-10-18-16-14(17)11(3)19-15(20-16)13-9-7-6-8-12(13)5-2/h6-9H,4-5,10H2,1-3H3,(H,18,19,20). The van der Waals surface area contributed by atoms with Crippen LogP contribution in [0.15, 0.2) is 24.3 Å². The molecule has 1 heterocycles. The van der Waals surface area contributed by atoms with Crippen LogP contribution in [0.3, 0.4) is 0 Å². The molecular formula is C16H20FN3. The number of nitrogens with zero attached hydrogens (tertiary/aromatic N) is 2. The molecule has 3 nitrogen and oxygen atoms in total. The second kappa shape index (κ2) is 6.46. The van der Waals surface area contributed by atoms with Gasteiger partial charge in [0.2, 0.25) is 0 Å². The molecule has 0 aliphatic carbocycles. The summed E-state index contributed by atoms with van der Waals surface area (Å²) in [5.41, 5.74) is 2.51. The first-order chi connectivity index (χ1) is 9.67. The topological polar surface area (TPSA) is 37.8 Å². The minimum absolute atomic E-state index is 0.292. The van der Waals surface area contributed by atoms with E-state index in [1.165, 1.54) is 5.56 Å². The summed E-state index contributed by atoms with van der Waals surface area (Å²) < 4.78 is 14.0. The first-order valence-corrected chi connectivity index (χ1v) is 7.03. The van der Waals surface area contributed by atoms with Crippen LogP contribution in [0.1, 0.15) is 31.5 Å². The Morgan fingerprint density at radius 3 is 2.60 bits per heavy atom. The Morgan fingerprint density at radius 2 is 1.90 bits per heavy atom. The van der Waals surface area contributed by atoms with E-state index in [-0.39, 0.29) is 5.82 Å². The molecule has 1 aromatic carbocycles. The number of halogens is 1. The molecule has 0 fully saturated rings. The highest BCUT2D eigenvalue weighted by molar-refractivity contribution is 5.62. The van der Waals surface area contributed by atoms with E-state index in [1.54, 1.807) is 6.92 Å². The second-order valence-corrected chi connectivity index (χ2v) is 4.73. The first-order valence-electron chi connectivity index (χ1n) is 7.03. The zero-order valence-corrected chi connectivity index (χ0v) is 12.2. The molecule has 0 saturated carbocycles. The van der Waals surface area contributed by atoms with E-state index in [0.29, 0.717) is 23.9 Å². The van der Waals surface area contributed by atoms with Gasteiger partial charge in [-0.3, -0.25) is 0 Å². The van der Waals surface area contributed by atoms with E-state index in [0.717, 1.165) is 18.4 Å². The van der Waals surface area contributed by atoms with Gasteiger partial charge in [0.15, 0.2) is 17.5 Å². The van der Waals surface area contributed by atoms with Gasteiger partial charge in [-0.2, -0.15) is 0 Å². The maximum absolute atomic E-state index is 14.0. The maximum atomic E-state index is 14.0. The third-order valence-corrected chi connectivity index (χ3v) is 3.20. The predicted molar refractivity (Wildman–Crippen MR) is 80.3 cm³/mol. The molecule has 20 heavy (non-hydrogen) atoms. The van der Waals surface area contributed by atoms with Gasteiger partial charge in [-0.25, -0.2) is 14.4 Å². The van der Waals surface area contributed by atoms with E-state index in [4.69, 9.17) is 0 Å². The molecule has 0 aliphatic rings. The summed E-state index contributed by atoms with van der Waals surface area (Å²) in [6.45, 7) is 6.49. The molecule has 2 rings (SSSR count). The van der Waals surface area contributed by atoms with E-state index in [1.807, 2.05) is 25.1 Å². The number of aromatic nitrogens is 2. The van der Waals surface area contributed by atoms with E-state index in [9.17, 15) is 4.39 Å². The minimum atomic E-state index is -0.365. The zero-order valence-electron chi connectivity index (χ0n) is 12.2. The summed E-state index contributed by atoms with van der Waals surface area (Å²) in [5.74, 6) is 0.511. The fourth-order valence-electron chi connectivity index (χ4n) is 2.09. The molecule has 106 valence electrons. The van der Waals surface area contributed by atoms with Crippen LogP contribution in [0.2, 0.25) is 0 Å². The maximum Gasteiger partial charge on any atom is 0.186 e. The summed E-state index contributed by atoms with van der Waals surface area (Å²) in [4.78, 5) is 8.65. The average Bonchev–Trinajstić information content (AvgIpc) is 2.48. The quantitative estimate of drug-likeness (QED) is 0.895. The van der Waals surface area contributed by atoms with Gasteiger partial charge in [-0.05, 0) is 25.3 Å². The van der Waals surface area contributed by atoms with Crippen LogP contribution in [0.25, 0.3) is 11.4 Å². The monoisotopic (exact) mass is 273 g/mol. The summed E-state index contributed by atoms with van der Waals surface area (Å²) in [7, 11) is 0. The third kappa shape index (κ3) is 2.95. The average molecular weight is 273 g/mol. The Balaban J connectivity index is 2.49. The van der Waals surface area contributed by atoms with Crippen LogP contribution in [0, 0.1) is 12.7 Å². The second-order valence-electron chi connectivity index (χ2n) is 4.73. The number of aryl methyl sites for hydroxylation is 2. The molecule has 0 saturated heterocycles. The Kier molecular flexibility index (Phi) is 4.66. The van der Waals surface area contributed by atoms with Crippen LogP contribution >= 0.6 is 0 Å². The fourth-order valence-corrected chi connectivity index (χ4v) is 2.09. The number of benzene rings is 1. The van der Waals surface area contributed by atoms with Crippen molar-refractivity contribution < 1.29 is 4.39 Å². The Bertz CT molecular complexity index is 596. The number of nitrogens with one attached hydrogen (secondary N) is 1. The van der Waals surface area contributed by atoms with Crippen molar-refractivity contribution in [3.8, 4) is 11.4 Å². The van der Waals surface area contributed by atoms with Crippen molar-refractivity contribution in [1.29, 1.82) is 0 Å². The highest BCUT2D eigenvalue weighted by Gasteiger charge is 2.13. The van der Waals surface area contributed by atoms with E-state index >= 15 is 0 Å². The summed E-state index contributed by atoms with van der Waals surface area (Å²) in [5, 5.41) is 3.02. The molecule has 0 aliphatic heterocycles. The zero-order chi connectivity index (χ0) is 14.5. The lowest BCUT2D eigenvalue weighted by molar-refractivity contribution is 0.605. The number of rotatable bonds is 5. The number of hydrogen-bond donors (Lipinski definition) is 1. The molecular weight excluding hydrogens is 253 g/mol. The highest BCUT2D eigenvalue weighted by atomic mass is 19.1. The van der Waals surface area contributed by atoms with Crippen molar-refractivity contribution >= 4 is 5.82 Å². The van der Waals surface area contributed by atoms with E-state index in [2.05, 4.69) is 28.3 Å². The number of hydrogen-bond acceptors (Lipinski definition) is 3. The minimum Gasteiger partial charge on any atom is -0.368 e. The fraction of sp³-hybridized carbons (Fsp3) is 0.375. The van der Waals surface area contributed by atoms with Gasteiger partial charge in [0.25, 0.3) is 0 Å². The highest BCUT2D eigenvalue weighted by Crippen LogP contribution is 2.24. The van der Waals surface area contributed by atoms with Crippen LogP contribution < -0.4 is 5.32 Å². The van der Waals surface area contributed by atoms with Crippen molar-refractivity contribution in [2.24, 2.45) is 0 Å². The SMILES string of the molecule is CCCNc1nc(-c2ccccc2CC)nc(C)c1F. The molecule has 0 spiro atoms. The van der Waals surface area contributed by atoms with Crippen molar-refractivity contribution in [3.63, 3.8) is 0 Å². The summed E-state index contributed by atoms with van der Waals surface area (Å²) >= 11 is 0. The Morgan fingerprint density at radius 1 is 1.15 bits per heavy atom. The van der Waals surface area contributed by atoms with Crippen LogP contribution in [0.5, 0.6) is 0 Å². The summed E-state index contributed by atoms with van der Waals surface area (Å²) in [6.07, 6.45) is 1.82. The van der Waals surface area contributed by atoms with Crippen molar-refractivity contribution in [2.75, 3.05) is 11.9 Å². The molecule has 2 aromatic rings. The smallest absolute Gasteiger partial charge is 0.186 e. The molecule has 0 atom stereocenters. The van der Waals surface area contributed by atoms with Gasteiger partial charge in [-0.15, -0.1) is 0 Å². The van der Waals surface area contributed by atoms with Crippen LogP contribution in [-0.4, -0.2) is 16.5 Å². The van der Waals surface area contributed by atoms with Gasteiger partial charge in [0, 0.05) is 12.1 Å². The lowest BCUT2D eigenvalue weighted by atomic mass is 10.0. The molecule has 4 heteroatoms. The van der Waals surface area contributed by atoms with Gasteiger partial charge < -0.3 is 5.32 Å². The molecule has 0 radical (unpaired) electrons. The molecule has 0 bridgehead atoms. The van der Waals surface area contributed by atoms with Gasteiger partial charge >= 0.3 is 0 Å². The lowest BCUT2D eigenvalue weighted by Gasteiger charge is -2.11. The van der Waals surface area contributed by atoms with Crippen LogP contribution in [0.4, 0.5) is 10.2 Å². The van der Waals surface area contributed by atoms with E-state index < -0.39 is 0 Å². The Labute approximate surface area is 119 Å². The number of anilines is 1. The summed E-state index contributed by atoms with van der Waals surface area (Å²) in [6, 6.07) is 7.98. The van der Waals surface area contributed by atoms with Crippen molar-refractivity contribution in [3.05, 3.63) is 41.3 Å². The van der Waals surface area contributed by atoms with Gasteiger partial charge in [0.05, 0.1) is 5.69 Å². The third-order valence-electron chi connectivity index (χ3n) is 3.20. The normalized spacial score (nSPS) is 10.6. The van der Waals surface area contributed by atoms with Gasteiger partial charge in [0.1, 0.15) is 0 Å². The van der Waals surface area contributed by atoms with Crippen molar-refractivity contribution in [2.45, 2.75) is 33.6 Å². The first kappa shape index (κ1) is 14.4. The molecule has 1 aromatic heterocycles. The lowest BCUT2D eigenvalue weighted by Crippen LogP contribution is -2.08. The predicted octanol–water partition coefficient (Wildman–Crippen LogP) is 3.98. The van der Waals surface area contributed by atoms with Crippen LogP contribution in [-0.2, 0) is 6.42 Å². The largest absolute Gasteiger partial charge is 0.368 e. The molecule has 1 N–H and O–H groups in total.